The quantitative estimate of drug-likeness (QED) is 0.345. The molecule has 1 atom stereocenters. The monoisotopic (exact) mass is 113 g/mol. The molecule has 1 aliphatic rings. The Labute approximate surface area is 47.6 Å². The Morgan fingerprint density at radius 3 is 2.50 bits per heavy atom. The Balaban J connectivity index is 2.65. The van der Waals surface area contributed by atoms with Gasteiger partial charge in [0, 0.05) is 0 Å². The van der Waals surface area contributed by atoms with Crippen LogP contribution in [0.15, 0.2) is 24.6 Å². The van der Waals surface area contributed by atoms with Crippen LogP contribution in [0, 0.1) is 5.21 Å². The van der Waals surface area contributed by atoms with Crippen molar-refractivity contribution in [3.05, 3.63) is 29.8 Å². The number of hydrogen-bond donors (Lipinski definition) is 0. The van der Waals surface area contributed by atoms with Crippen LogP contribution in [0.1, 0.15) is 0 Å². The summed E-state index contributed by atoms with van der Waals surface area (Å²) in [7, 11) is 1.40. The van der Waals surface area contributed by atoms with Crippen molar-refractivity contribution in [1.82, 2.24) is 0 Å². The van der Waals surface area contributed by atoms with Crippen LogP contribution in [0.3, 0.4) is 0 Å². The van der Waals surface area contributed by atoms with Crippen molar-refractivity contribution in [2.45, 2.75) is 0 Å². The van der Waals surface area contributed by atoms with E-state index in [0.29, 0.717) is 0 Å². The van der Waals surface area contributed by atoms with Gasteiger partial charge in [-0.3, -0.25) is 0 Å². The van der Waals surface area contributed by atoms with Crippen LogP contribution in [0.2, 0.25) is 0 Å². The van der Waals surface area contributed by atoms with Crippen LogP contribution < -0.4 is 0 Å². The Bertz CT molecular complexity index is 137. The molecule has 1 aliphatic heterocycles. The van der Waals surface area contributed by atoms with E-state index in [2.05, 4.69) is 4.84 Å². The third-order valence-electron chi connectivity index (χ3n) is 0.817. The molecule has 44 valence electrons. The second kappa shape index (κ2) is 1.61. The Kier molecular flexibility index (Phi) is 1.08. The fraction of sp³-hybridized carbons (Fsp3) is 0.200. The molecular weight excluding hydrogens is 106 g/mol. The Hall–Kier alpha value is -0.800. The van der Waals surface area contributed by atoms with E-state index in [-0.39, 0.29) is 0 Å². The van der Waals surface area contributed by atoms with Gasteiger partial charge in [-0.05, 0) is 12.2 Å². The van der Waals surface area contributed by atoms with Gasteiger partial charge in [0.05, 0.1) is 0 Å². The highest BCUT2D eigenvalue weighted by Crippen LogP contribution is 2.06. The summed E-state index contributed by atoms with van der Waals surface area (Å²) in [6.45, 7) is 0. The maximum Gasteiger partial charge on any atom is 0.155 e. The van der Waals surface area contributed by atoms with Gasteiger partial charge in [0.25, 0.3) is 0 Å². The van der Waals surface area contributed by atoms with Crippen molar-refractivity contribution in [2.24, 2.45) is 0 Å². The Morgan fingerprint density at radius 2 is 2.25 bits per heavy atom. The van der Waals surface area contributed by atoms with Gasteiger partial charge >= 0.3 is 0 Å². The molecule has 0 aromatic heterocycles. The third kappa shape index (κ3) is 1.08. The molecule has 0 saturated carbocycles. The fourth-order valence-electron chi connectivity index (χ4n) is 0.443. The number of hydroxylamine groups is 4. The van der Waals surface area contributed by atoms with Crippen molar-refractivity contribution >= 4 is 0 Å². The molecule has 3 nitrogen and oxygen atoms in total. The summed E-state index contributed by atoms with van der Waals surface area (Å²) in [5, 5.41) is 10.7. The lowest BCUT2D eigenvalue weighted by Gasteiger charge is -2.30. The minimum absolute atomic E-state index is 0.767. The van der Waals surface area contributed by atoms with Gasteiger partial charge < -0.3 is 10.0 Å². The molecule has 1 unspecified atom stereocenters. The van der Waals surface area contributed by atoms with E-state index < -0.39 is 4.81 Å². The van der Waals surface area contributed by atoms with E-state index in [1.54, 1.807) is 12.2 Å². The molecule has 0 bridgehead atoms. The van der Waals surface area contributed by atoms with Gasteiger partial charge in [-0.25, -0.2) is 0 Å². The summed E-state index contributed by atoms with van der Waals surface area (Å²) in [6, 6.07) is 0. The summed E-state index contributed by atoms with van der Waals surface area (Å²) in [5.74, 6) is 0. The minimum atomic E-state index is -0.767. The first-order valence-electron chi connectivity index (χ1n) is 2.31. The van der Waals surface area contributed by atoms with Crippen molar-refractivity contribution < 1.29 is 9.65 Å². The molecule has 0 spiro atoms. The molecule has 0 amide bonds. The molecule has 1 heterocycles. The summed E-state index contributed by atoms with van der Waals surface area (Å²) < 4.78 is 0. The molecule has 0 fully saturated rings. The molecule has 0 radical (unpaired) electrons. The second-order valence-electron chi connectivity index (χ2n) is 1.68. The molecule has 0 aromatic rings. The average molecular weight is 113 g/mol. The summed E-state index contributed by atoms with van der Waals surface area (Å²) in [6.07, 6.45) is 6.08. The lowest BCUT2D eigenvalue weighted by Crippen LogP contribution is -2.29. The third-order valence-corrected chi connectivity index (χ3v) is 0.817. The maximum absolute atomic E-state index is 10.7. The molecule has 1 rings (SSSR count). The van der Waals surface area contributed by atoms with E-state index in [1.807, 2.05) is 0 Å². The number of rotatable bonds is 0. The topological polar surface area (TPSA) is 32.3 Å². The summed E-state index contributed by atoms with van der Waals surface area (Å²) in [4.78, 5) is 3.81. The van der Waals surface area contributed by atoms with Gasteiger partial charge in [-0.15, -0.1) is 4.81 Å². The van der Waals surface area contributed by atoms with Crippen LogP contribution in [-0.4, -0.2) is 11.9 Å². The minimum Gasteiger partial charge on any atom is -0.585 e. The normalized spacial score (nSPS) is 34.8. The van der Waals surface area contributed by atoms with Gasteiger partial charge in [0.2, 0.25) is 0 Å². The standard InChI is InChI=1S/C5H7NO2/c1-6(7)4-2-3-5-8-6/h2-5H,1H3. The molecule has 3 heteroatoms. The summed E-state index contributed by atoms with van der Waals surface area (Å²) >= 11 is 0. The number of nitrogens with zero attached hydrogens (tertiary/aromatic N) is 1. The van der Waals surface area contributed by atoms with Crippen molar-refractivity contribution in [2.75, 3.05) is 7.05 Å². The molecule has 0 aliphatic carbocycles. The van der Waals surface area contributed by atoms with Crippen LogP contribution in [-0.2, 0) is 4.84 Å². The first kappa shape index (κ1) is 5.34. The lowest BCUT2D eigenvalue weighted by molar-refractivity contribution is -1.00. The lowest BCUT2D eigenvalue weighted by atomic mass is 10.5. The van der Waals surface area contributed by atoms with Crippen molar-refractivity contribution in [1.29, 1.82) is 0 Å². The molecule has 8 heavy (non-hydrogen) atoms. The number of hydrogen-bond acceptors (Lipinski definition) is 2. The average Bonchev–Trinajstić information content (AvgIpc) is 1.65. The maximum atomic E-state index is 10.7. The zero-order valence-corrected chi connectivity index (χ0v) is 4.57. The molecule has 0 aromatic carbocycles. The van der Waals surface area contributed by atoms with Crippen LogP contribution in [0.5, 0.6) is 0 Å². The summed E-state index contributed by atoms with van der Waals surface area (Å²) in [5.41, 5.74) is 0. The second-order valence-corrected chi connectivity index (χ2v) is 1.68. The number of quaternary nitrogens is 1. The van der Waals surface area contributed by atoms with Gasteiger partial charge in [0.1, 0.15) is 13.2 Å². The molecule has 0 saturated heterocycles. The largest absolute Gasteiger partial charge is 0.585 e. The van der Waals surface area contributed by atoms with Gasteiger partial charge in [0.15, 0.2) is 6.26 Å². The zero-order valence-electron chi connectivity index (χ0n) is 4.57. The smallest absolute Gasteiger partial charge is 0.155 e. The zero-order chi connectivity index (χ0) is 6.04. The molecule has 0 N–H and O–H groups in total. The fourth-order valence-corrected chi connectivity index (χ4v) is 0.443. The highest BCUT2D eigenvalue weighted by Gasteiger charge is 2.05. The van der Waals surface area contributed by atoms with Crippen LogP contribution >= 0.6 is 0 Å². The first-order chi connectivity index (χ1) is 3.71. The van der Waals surface area contributed by atoms with E-state index in [9.17, 15) is 5.21 Å². The van der Waals surface area contributed by atoms with Crippen molar-refractivity contribution in [3.8, 4) is 0 Å². The van der Waals surface area contributed by atoms with E-state index in [1.165, 1.54) is 19.5 Å². The van der Waals surface area contributed by atoms with Crippen LogP contribution in [0.4, 0.5) is 0 Å². The van der Waals surface area contributed by atoms with E-state index in [4.69, 9.17) is 0 Å². The van der Waals surface area contributed by atoms with E-state index in [0.717, 1.165) is 0 Å². The first-order valence-corrected chi connectivity index (χ1v) is 2.31. The molecular formula is C5H7NO2. The predicted octanol–water partition coefficient (Wildman–Crippen LogP) is 0.903. The SMILES string of the molecule is C[N+]1([O-])C=CC=CO1. The van der Waals surface area contributed by atoms with Gasteiger partial charge in [-0.1, -0.05) is 0 Å². The highest BCUT2D eigenvalue weighted by atomic mass is 16.9. The van der Waals surface area contributed by atoms with Gasteiger partial charge in [-0.2, -0.15) is 0 Å². The van der Waals surface area contributed by atoms with E-state index >= 15 is 0 Å². The Morgan fingerprint density at radius 1 is 1.50 bits per heavy atom. The number of allylic oxidation sites excluding steroid dienone is 2. The predicted molar refractivity (Wildman–Crippen MR) is 28.9 cm³/mol. The van der Waals surface area contributed by atoms with Crippen LogP contribution in [0.25, 0.3) is 0 Å². The highest BCUT2D eigenvalue weighted by molar-refractivity contribution is 4.97. The van der Waals surface area contributed by atoms with Crippen molar-refractivity contribution in [3.63, 3.8) is 0 Å².